The van der Waals surface area contributed by atoms with Crippen molar-refractivity contribution < 1.29 is 4.79 Å². The second kappa shape index (κ2) is 8.17. The summed E-state index contributed by atoms with van der Waals surface area (Å²) in [6.07, 6.45) is 3.50. The molecule has 0 bridgehead atoms. The van der Waals surface area contributed by atoms with Gasteiger partial charge in [-0.2, -0.15) is 0 Å². The number of urea groups is 1. The minimum Gasteiger partial charge on any atom is -0.319 e. The summed E-state index contributed by atoms with van der Waals surface area (Å²) in [5.74, 6) is 0. The van der Waals surface area contributed by atoms with Gasteiger partial charge < -0.3 is 15.1 Å². The van der Waals surface area contributed by atoms with E-state index < -0.39 is 0 Å². The molecule has 0 aromatic heterocycles. The monoisotopic (exact) mass is 337 g/mol. The molecule has 0 spiro atoms. The number of benzene rings is 2. The molecular formula is C21H27N3O. The van der Waals surface area contributed by atoms with Gasteiger partial charge in [-0.15, -0.1) is 0 Å². The Labute approximate surface area is 150 Å². The fourth-order valence-corrected chi connectivity index (χ4v) is 3.23. The largest absolute Gasteiger partial charge is 0.322 e. The Bertz CT molecular complexity index is 712. The van der Waals surface area contributed by atoms with Crippen LogP contribution in [0.1, 0.15) is 23.1 Å². The Hall–Kier alpha value is -2.33. The van der Waals surface area contributed by atoms with Crippen molar-refractivity contribution in [1.82, 2.24) is 9.80 Å². The molecule has 0 saturated heterocycles. The van der Waals surface area contributed by atoms with E-state index >= 15 is 0 Å². The SMILES string of the molecule is CN(C)CCN(Cc1ccccc1)C(=O)Nc1ccc2c(c1)CCC2. The van der Waals surface area contributed by atoms with Crippen LogP contribution in [0.3, 0.4) is 0 Å². The van der Waals surface area contributed by atoms with E-state index in [-0.39, 0.29) is 6.03 Å². The number of anilines is 1. The van der Waals surface area contributed by atoms with Crippen LogP contribution in [-0.2, 0) is 19.4 Å². The van der Waals surface area contributed by atoms with Crippen molar-refractivity contribution in [2.75, 3.05) is 32.5 Å². The molecule has 0 saturated carbocycles. The molecule has 0 aliphatic heterocycles. The van der Waals surface area contributed by atoms with E-state index in [1.54, 1.807) is 0 Å². The van der Waals surface area contributed by atoms with E-state index in [4.69, 9.17) is 0 Å². The van der Waals surface area contributed by atoms with Crippen LogP contribution in [0.5, 0.6) is 0 Å². The fraction of sp³-hybridized carbons (Fsp3) is 0.381. The van der Waals surface area contributed by atoms with E-state index in [1.807, 2.05) is 43.3 Å². The van der Waals surface area contributed by atoms with Gasteiger partial charge in [0.2, 0.25) is 0 Å². The highest BCUT2D eigenvalue weighted by Gasteiger charge is 2.16. The van der Waals surface area contributed by atoms with Crippen molar-refractivity contribution in [3.05, 3.63) is 65.2 Å². The fourth-order valence-electron chi connectivity index (χ4n) is 3.23. The van der Waals surface area contributed by atoms with Crippen LogP contribution in [0.15, 0.2) is 48.5 Å². The molecule has 1 N–H and O–H groups in total. The first-order chi connectivity index (χ1) is 12.1. The van der Waals surface area contributed by atoms with Gasteiger partial charge in [-0.05, 0) is 62.2 Å². The number of carbonyl (C=O) groups excluding carboxylic acids is 1. The maximum atomic E-state index is 12.8. The predicted molar refractivity (Wildman–Crippen MR) is 103 cm³/mol. The van der Waals surface area contributed by atoms with Crippen LogP contribution in [0.2, 0.25) is 0 Å². The number of carbonyl (C=O) groups is 1. The summed E-state index contributed by atoms with van der Waals surface area (Å²) in [5.41, 5.74) is 4.84. The van der Waals surface area contributed by atoms with Crippen molar-refractivity contribution >= 4 is 11.7 Å². The number of rotatable bonds is 6. The molecule has 0 unspecified atom stereocenters. The predicted octanol–water partition coefficient (Wildman–Crippen LogP) is 3.77. The topological polar surface area (TPSA) is 35.6 Å². The summed E-state index contributed by atoms with van der Waals surface area (Å²) in [5, 5.41) is 3.08. The number of hydrogen-bond acceptors (Lipinski definition) is 2. The number of likely N-dealkylation sites (N-methyl/N-ethyl adjacent to an activating group) is 1. The van der Waals surface area contributed by atoms with Crippen LogP contribution in [-0.4, -0.2) is 43.0 Å². The third-order valence-corrected chi connectivity index (χ3v) is 4.67. The molecule has 0 atom stereocenters. The zero-order valence-corrected chi connectivity index (χ0v) is 15.2. The van der Waals surface area contributed by atoms with E-state index in [2.05, 4.69) is 34.5 Å². The van der Waals surface area contributed by atoms with Crippen molar-refractivity contribution in [2.24, 2.45) is 0 Å². The molecule has 4 heteroatoms. The third-order valence-electron chi connectivity index (χ3n) is 4.67. The first kappa shape index (κ1) is 17.5. The van der Waals surface area contributed by atoms with Crippen molar-refractivity contribution in [3.8, 4) is 0 Å². The molecule has 2 aromatic carbocycles. The summed E-state index contributed by atoms with van der Waals surface area (Å²) >= 11 is 0. The normalized spacial score (nSPS) is 12.9. The van der Waals surface area contributed by atoms with E-state index in [1.165, 1.54) is 17.5 Å². The molecule has 0 heterocycles. The summed E-state index contributed by atoms with van der Waals surface area (Å²) in [4.78, 5) is 16.8. The molecule has 4 nitrogen and oxygen atoms in total. The van der Waals surface area contributed by atoms with Gasteiger partial charge in [0, 0.05) is 25.3 Å². The molecule has 1 aliphatic rings. The number of aryl methyl sites for hydroxylation is 2. The lowest BCUT2D eigenvalue weighted by atomic mass is 10.1. The number of fused-ring (bicyclic) bond motifs is 1. The first-order valence-electron chi connectivity index (χ1n) is 8.98. The zero-order chi connectivity index (χ0) is 17.6. The second-order valence-corrected chi connectivity index (χ2v) is 6.98. The minimum atomic E-state index is -0.0383. The first-order valence-corrected chi connectivity index (χ1v) is 8.98. The summed E-state index contributed by atoms with van der Waals surface area (Å²) in [6.45, 7) is 2.15. The van der Waals surface area contributed by atoms with Crippen molar-refractivity contribution in [1.29, 1.82) is 0 Å². The highest BCUT2D eigenvalue weighted by Crippen LogP contribution is 2.25. The molecule has 2 amide bonds. The van der Waals surface area contributed by atoms with Crippen molar-refractivity contribution in [3.63, 3.8) is 0 Å². The molecule has 3 rings (SSSR count). The third kappa shape index (κ3) is 4.83. The van der Waals surface area contributed by atoms with Crippen LogP contribution in [0.4, 0.5) is 10.5 Å². The Morgan fingerprint density at radius 1 is 1.00 bits per heavy atom. The van der Waals surface area contributed by atoms with Gasteiger partial charge >= 0.3 is 6.03 Å². The summed E-state index contributed by atoms with van der Waals surface area (Å²) < 4.78 is 0. The molecule has 2 aromatic rings. The van der Waals surface area contributed by atoms with Gasteiger partial charge in [0.15, 0.2) is 0 Å². The lowest BCUT2D eigenvalue weighted by molar-refractivity contribution is 0.202. The van der Waals surface area contributed by atoms with Crippen LogP contribution in [0.25, 0.3) is 0 Å². The molecule has 25 heavy (non-hydrogen) atoms. The standard InChI is InChI=1S/C21H27N3O/c1-23(2)13-14-24(16-17-7-4-3-5-8-17)21(25)22-20-12-11-18-9-6-10-19(18)15-20/h3-5,7-8,11-12,15H,6,9-10,13-14,16H2,1-2H3,(H,22,25). The van der Waals surface area contributed by atoms with Crippen LogP contribution < -0.4 is 5.32 Å². The highest BCUT2D eigenvalue weighted by atomic mass is 16.2. The van der Waals surface area contributed by atoms with Gasteiger partial charge in [0.05, 0.1) is 0 Å². The quantitative estimate of drug-likeness (QED) is 0.871. The van der Waals surface area contributed by atoms with Crippen LogP contribution >= 0.6 is 0 Å². The minimum absolute atomic E-state index is 0.0383. The van der Waals surface area contributed by atoms with Crippen molar-refractivity contribution in [2.45, 2.75) is 25.8 Å². The lowest BCUT2D eigenvalue weighted by Crippen LogP contribution is -2.39. The maximum Gasteiger partial charge on any atom is 0.322 e. The number of amides is 2. The summed E-state index contributed by atoms with van der Waals surface area (Å²) in [7, 11) is 4.05. The smallest absolute Gasteiger partial charge is 0.319 e. The summed E-state index contributed by atoms with van der Waals surface area (Å²) in [6, 6.07) is 16.4. The van der Waals surface area contributed by atoms with Gasteiger partial charge in [-0.25, -0.2) is 4.79 Å². The number of nitrogens with one attached hydrogen (secondary N) is 1. The van der Waals surface area contributed by atoms with E-state index in [9.17, 15) is 4.79 Å². The van der Waals surface area contributed by atoms with Gasteiger partial charge in [0.25, 0.3) is 0 Å². The molecule has 1 aliphatic carbocycles. The Kier molecular flexibility index (Phi) is 5.71. The molecular weight excluding hydrogens is 310 g/mol. The Morgan fingerprint density at radius 2 is 1.76 bits per heavy atom. The molecule has 0 radical (unpaired) electrons. The Balaban J connectivity index is 1.69. The van der Waals surface area contributed by atoms with E-state index in [0.29, 0.717) is 13.1 Å². The maximum absolute atomic E-state index is 12.8. The van der Waals surface area contributed by atoms with E-state index in [0.717, 1.165) is 30.6 Å². The highest BCUT2D eigenvalue weighted by molar-refractivity contribution is 5.89. The van der Waals surface area contributed by atoms with Gasteiger partial charge in [-0.3, -0.25) is 0 Å². The Morgan fingerprint density at radius 3 is 2.52 bits per heavy atom. The van der Waals surface area contributed by atoms with Gasteiger partial charge in [-0.1, -0.05) is 36.4 Å². The number of hydrogen-bond donors (Lipinski definition) is 1. The van der Waals surface area contributed by atoms with Gasteiger partial charge in [0.1, 0.15) is 0 Å². The average Bonchev–Trinajstić information content (AvgIpc) is 3.07. The lowest BCUT2D eigenvalue weighted by Gasteiger charge is -2.25. The molecule has 0 fully saturated rings. The molecule has 132 valence electrons. The average molecular weight is 337 g/mol. The van der Waals surface area contributed by atoms with Crippen LogP contribution in [0, 0.1) is 0 Å². The second-order valence-electron chi connectivity index (χ2n) is 6.98. The number of nitrogens with zero attached hydrogens (tertiary/aromatic N) is 2. The zero-order valence-electron chi connectivity index (χ0n) is 15.2.